The van der Waals surface area contributed by atoms with E-state index < -0.39 is 29.6 Å². The summed E-state index contributed by atoms with van der Waals surface area (Å²) in [6, 6.07) is 9.85. The number of ether oxygens (including phenoxy) is 2. The minimum atomic E-state index is -1.02. The van der Waals surface area contributed by atoms with Crippen LogP contribution < -0.4 is 10.6 Å². The minimum Gasteiger partial charge on any atom is -0.460 e. The summed E-state index contributed by atoms with van der Waals surface area (Å²) in [5.74, 6) is -0.201. The number of carbonyl (C=O) groups is 4. The van der Waals surface area contributed by atoms with Gasteiger partial charge in [-0.05, 0) is 40.0 Å². The van der Waals surface area contributed by atoms with Gasteiger partial charge in [0, 0.05) is 50.8 Å². The molecule has 43 heavy (non-hydrogen) atoms. The molecule has 1 aliphatic heterocycles. The normalized spacial score (nSPS) is 14.2. The monoisotopic (exact) mass is 596 g/mol. The maximum Gasteiger partial charge on any atom is 0.409 e. The van der Waals surface area contributed by atoms with Crippen LogP contribution in [0.5, 0.6) is 0 Å². The van der Waals surface area contributed by atoms with E-state index in [-0.39, 0.29) is 44.1 Å². The zero-order valence-corrected chi connectivity index (χ0v) is 26.0. The third kappa shape index (κ3) is 10.5. The topological polar surface area (TPSA) is 143 Å². The van der Waals surface area contributed by atoms with Gasteiger partial charge < -0.3 is 29.9 Å². The Morgan fingerprint density at radius 2 is 1.63 bits per heavy atom. The number of rotatable bonds is 11. The van der Waals surface area contributed by atoms with Crippen LogP contribution in [0.4, 0.5) is 10.6 Å². The Kier molecular flexibility index (Phi) is 11.8. The number of carbonyl (C=O) groups excluding carboxylic acids is 4. The Labute approximate surface area is 253 Å². The Bertz CT molecular complexity index is 1260. The lowest BCUT2D eigenvalue weighted by Gasteiger charge is -2.36. The van der Waals surface area contributed by atoms with Gasteiger partial charge in [-0.15, -0.1) is 0 Å². The first-order valence-corrected chi connectivity index (χ1v) is 14.8. The van der Waals surface area contributed by atoms with Crippen molar-refractivity contribution in [1.82, 2.24) is 25.1 Å². The van der Waals surface area contributed by atoms with Crippen LogP contribution >= 0.6 is 0 Å². The molecule has 2 heterocycles. The first-order valence-electron chi connectivity index (χ1n) is 14.8. The molecule has 3 rings (SSSR count). The van der Waals surface area contributed by atoms with Crippen molar-refractivity contribution in [3.63, 3.8) is 0 Å². The molecule has 234 valence electrons. The number of hydrogen-bond acceptors (Lipinski definition) is 9. The second kappa shape index (κ2) is 15.3. The van der Waals surface area contributed by atoms with Crippen LogP contribution in [0.1, 0.15) is 64.9 Å². The molecule has 0 aliphatic carbocycles. The van der Waals surface area contributed by atoms with E-state index in [0.29, 0.717) is 37.2 Å². The van der Waals surface area contributed by atoms with Gasteiger partial charge in [0.05, 0.1) is 6.61 Å². The molecule has 0 saturated carbocycles. The lowest BCUT2D eigenvalue weighted by Crippen LogP contribution is -2.56. The Morgan fingerprint density at radius 1 is 0.977 bits per heavy atom. The smallest absolute Gasteiger partial charge is 0.409 e. The predicted molar refractivity (Wildman–Crippen MR) is 162 cm³/mol. The fourth-order valence-electron chi connectivity index (χ4n) is 4.37. The summed E-state index contributed by atoms with van der Waals surface area (Å²) in [6.07, 6.45) is -0.465. The van der Waals surface area contributed by atoms with Gasteiger partial charge in [-0.25, -0.2) is 14.8 Å². The highest BCUT2D eigenvalue weighted by Crippen LogP contribution is 2.19. The Hall–Kier alpha value is -4.22. The molecule has 0 bridgehead atoms. The number of piperazine rings is 1. The van der Waals surface area contributed by atoms with Crippen molar-refractivity contribution in [3.8, 4) is 11.4 Å². The maximum absolute atomic E-state index is 13.7. The molecule has 1 aromatic heterocycles. The van der Waals surface area contributed by atoms with Crippen molar-refractivity contribution in [2.45, 2.75) is 66.0 Å². The van der Waals surface area contributed by atoms with Gasteiger partial charge >= 0.3 is 12.1 Å². The standard InChI is InChI=1S/C31H44N6O6/c1-7-42-30(41)37-17-15-36(16-18-37)29(40)23(13-14-26(38)43-31(4,5)6)34-28(39)24-19-25(32-20-21(2)3)35-27(33-24)22-11-9-8-10-12-22/h8-12,19,21,23H,7,13-18,20H2,1-6H3,(H,34,39)(H,32,33,35). The zero-order chi connectivity index (χ0) is 31.6. The van der Waals surface area contributed by atoms with E-state index in [4.69, 9.17) is 9.47 Å². The number of nitrogens with one attached hydrogen (secondary N) is 2. The van der Waals surface area contributed by atoms with Crippen molar-refractivity contribution >= 4 is 29.7 Å². The highest BCUT2D eigenvalue weighted by Gasteiger charge is 2.32. The van der Waals surface area contributed by atoms with Gasteiger partial charge in [0.2, 0.25) is 5.91 Å². The number of benzene rings is 1. The van der Waals surface area contributed by atoms with Gasteiger partial charge in [-0.3, -0.25) is 14.4 Å². The first kappa shape index (κ1) is 33.3. The van der Waals surface area contributed by atoms with Gasteiger partial charge in [0.15, 0.2) is 5.82 Å². The fourth-order valence-corrected chi connectivity index (χ4v) is 4.37. The summed E-state index contributed by atoms with van der Waals surface area (Å²) in [6.45, 7) is 13.2. The predicted octanol–water partition coefficient (Wildman–Crippen LogP) is 3.73. The number of nitrogens with zero attached hydrogens (tertiary/aromatic N) is 4. The molecule has 1 aliphatic rings. The van der Waals surface area contributed by atoms with Crippen LogP contribution in [0.25, 0.3) is 11.4 Å². The number of aromatic nitrogens is 2. The van der Waals surface area contributed by atoms with Gasteiger partial charge in [-0.1, -0.05) is 44.2 Å². The summed E-state index contributed by atoms with van der Waals surface area (Å²) in [5, 5.41) is 6.06. The lowest BCUT2D eigenvalue weighted by molar-refractivity contribution is -0.155. The third-order valence-corrected chi connectivity index (χ3v) is 6.46. The van der Waals surface area contributed by atoms with E-state index in [1.54, 1.807) is 43.6 Å². The molecular weight excluding hydrogens is 552 g/mol. The lowest BCUT2D eigenvalue weighted by atomic mass is 10.1. The molecule has 1 unspecified atom stereocenters. The molecule has 2 N–H and O–H groups in total. The molecule has 0 radical (unpaired) electrons. The van der Waals surface area contributed by atoms with Crippen LogP contribution in [0.15, 0.2) is 36.4 Å². The van der Waals surface area contributed by atoms with Crippen molar-refractivity contribution < 1.29 is 28.7 Å². The second-order valence-corrected chi connectivity index (χ2v) is 11.8. The van der Waals surface area contributed by atoms with E-state index >= 15 is 0 Å². The van der Waals surface area contributed by atoms with E-state index in [9.17, 15) is 19.2 Å². The number of anilines is 1. The molecule has 1 saturated heterocycles. The Morgan fingerprint density at radius 3 is 2.23 bits per heavy atom. The molecule has 0 spiro atoms. The van der Waals surface area contributed by atoms with Crippen molar-refractivity contribution in [1.29, 1.82) is 0 Å². The van der Waals surface area contributed by atoms with Gasteiger partial charge in [0.25, 0.3) is 5.91 Å². The average Bonchev–Trinajstić information content (AvgIpc) is 2.97. The average molecular weight is 597 g/mol. The Balaban J connectivity index is 1.83. The van der Waals surface area contributed by atoms with E-state index in [0.717, 1.165) is 5.56 Å². The minimum absolute atomic E-state index is 0.0344. The molecule has 2 aromatic rings. The van der Waals surface area contributed by atoms with Crippen LogP contribution in [0.3, 0.4) is 0 Å². The molecule has 1 fully saturated rings. The van der Waals surface area contributed by atoms with Crippen molar-refractivity contribution in [2.75, 3.05) is 44.6 Å². The number of amides is 3. The van der Waals surface area contributed by atoms with Crippen LogP contribution in [-0.4, -0.2) is 94.6 Å². The molecule has 12 heteroatoms. The summed E-state index contributed by atoms with van der Waals surface area (Å²) in [5.41, 5.74) is 0.140. The summed E-state index contributed by atoms with van der Waals surface area (Å²) >= 11 is 0. The zero-order valence-electron chi connectivity index (χ0n) is 26.0. The molecule has 1 aromatic carbocycles. The summed E-state index contributed by atoms with van der Waals surface area (Å²) in [4.78, 5) is 64.2. The van der Waals surface area contributed by atoms with E-state index in [1.165, 1.54) is 0 Å². The van der Waals surface area contributed by atoms with Crippen LogP contribution in [0, 0.1) is 5.92 Å². The van der Waals surface area contributed by atoms with Crippen LogP contribution in [-0.2, 0) is 19.1 Å². The number of hydrogen-bond donors (Lipinski definition) is 2. The summed E-state index contributed by atoms with van der Waals surface area (Å²) < 4.78 is 10.5. The van der Waals surface area contributed by atoms with Gasteiger partial charge in [0.1, 0.15) is 23.2 Å². The fraction of sp³-hybridized carbons (Fsp3) is 0.548. The summed E-state index contributed by atoms with van der Waals surface area (Å²) in [7, 11) is 0. The van der Waals surface area contributed by atoms with Crippen LogP contribution in [0.2, 0.25) is 0 Å². The number of esters is 1. The van der Waals surface area contributed by atoms with E-state index in [2.05, 4.69) is 34.4 Å². The molecule has 3 amide bonds. The van der Waals surface area contributed by atoms with Crippen molar-refractivity contribution in [3.05, 3.63) is 42.1 Å². The molecular formula is C31H44N6O6. The van der Waals surface area contributed by atoms with Crippen molar-refractivity contribution in [2.24, 2.45) is 5.92 Å². The van der Waals surface area contributed by atoms with Gasteiger partial charge in [-0.2, -0.15) is 0 Å². The quantitative estimate of drug-likeness (QED) is 0.371. The first-order chi connectivity index (χ1) is 20.4. The van der Waals surface area contributed by atoms with E-state index in [1.807, 2.05) is 30.3 Å². The SMILES string of the molecule is CCOC(=O)N1CCN(C(=O)C(CCC(=O)OC(C)(C)C)NC(=O)c2cc(NCC(C)C)nc(-c3ccccc3)n2)CC1. The largest absolute Gasteiger partial charge is 0.460 e. The molecule has 12 nitrogen and oxygen atoms in total. The molecule has 1 atom stereocenters. The second-order valence-electron chi connectivity index (χ2n) is 11.8. The highest BCUT2D eigenvalue weighted by atomic mass is 16.6. The highest BCUT2D eigenvalue weighted by molar-refractivity contribution is 5.97. The maximum atomic E-state index is 13.7. The third-order valence-electron chi connectivity index (χ3n) is 6.46.